The Labute approximate surface area is 87.5 Å². The first kappa shape index (κ1) is 12.1. The molecule has 0 aromatic carbocycles. The summed E-state index contributed by atoms with van der Waals surface area (Å²) in [6, 6.07) is 3.87. The summed E-state index contributed by atoms with van der Waals surface area (Å²) < 4.78 is 1.76. The molecule has 0 aliphatic rings. The van der Waals surface area contributed by atoms with Gasteiger partial charge in [-0.2, -0.15) is 4.57 Å². The van der Waals surface area contributed by atoms with Gasteiger partial charge in [-0.3, -0.25) is 10.2 Å². The van der Waals surface area contributed by atoms with Crippen LogP contribution in [0.1, 0.15) is 5.56 Å². The molecule has 0 spiro atoms. The van der Waals surface area contributed by atoms with Gasteiger partial charge in [-0.1, -0.05) is 0 Å². The molecule has 3 N–H and O–H groups in total. The Morgan fingerprint density at radius 3 is 2.54 bits per heavy atom. The van der Waals surface area contributed by atoms with Gasteiger partial charge >= 0.3 is 0 Å². The van der Waals surface area contributed by atoms with Gasteiger partial charge < -0.3 is 17.0 Å². The maximum atomic E-state index is 10.8. The van der Waals surface area contributed by atoms with Crippen molar-refractivity contribution in [1.29, 1.82) is 0 Å². The number of aromatic nitrogens is 1. The molecule has 0 radical (unpaired) electrons. The minimum absolute atomic E-state index is 0. The third-order valence-electron chi connectivity index (χ3n) is 1.54. The molecule has 1 amide bonds. The van der Waals surface area contributed by atoms with E-state index in [4.69, 9.17) is 5.84 Å². The zero-order valence-corrected chi connectivity index (χ0v) is 8.91. The van der Waals surface area contributed by atoms with Gasteiger partial charge in [-0.05, 0) is 12.5 Å². The highest BCUT2D eigenvalue weighted by Crippen LogP contribution is 1.88. The van der Waals surface area contributed by atoms with Crippen LogP contribution in [0.4, 0.5) is 0 Å². The second kappa shape index (κ2) is 5.66. The van der Waals surface area contributed by atoms with Crippen LogP contribution in [0, 0.1) is 6.92 Å². The summed E-state index contributed by atoms with van der Waals surface area (Å²) in [6.07, 6.45) is 3.68. The molecule has 0 unspecified atom stereocenters. The van der Waals surface area contributed by atoms with Crippen LogP contribution in [0.15, 0.2) is 24.5 Å². The second-order valence-corrected chi connectivity index (χ2v) is 2.62. The normalized spacial score (nSPS) is 8.77. The van der Waals surface area contributed by atoms with E-state index < -0.39 is 0 Å². The fourth-order valence-electron chi connectivity index (χ4n) is 0.849. The van der Waals surface area contributed by atoms with Crippen LogP contribution >= 0.6 is 0 Å². The molecular weight excluding hydrogens is 234 g/mol. The third-order valence-corrected chi connectivity index (χ3v) is 1.54. The highest BCUT2D eigenvalue weighted by atomic mass is 79.9. The lowest BCUT2D eigenvalue weighted by Gasteiger charge is -1.95. The first-order valence-electron chi connectivity index (χ1n) is 3.67. The largest absolute Gasteiger partial charge is 1.00 e. The molecule has 13 heavy (non-hydrogen) atoms. The fraction of sp³-hybridized carbons (Fsp3) is 0.250. The van der Waals surface area contributed by atoms with E-state index >= 15 is 0 Å². The van der Waals surface area contributed by atoms with Gasteiger partial charge in [0.1, 0.15) is 0 Å². The Hall–Kier alpha value is -0.940. The average Bonchev–Trinajstić information content (AvgIpc) is 2.09. The molecular formula is C8H12BrN3O. The van der Waals surface area contributed by atoms with Crippen LogP contribution < -0.4 is 32.8 Å². The topological polar surface area (TPSA) is 59.0 Å². The number of aryl methyl sites for hydroxylation is 1. The third kappa shape index (κ3) is 4.00. The van der Waals surface area contributed by atoms with Gasteiger partial charge in [-0.25, -0.2) is 5.84 Å². The van der Waals surface area contributed by atoms with Crippen molar-refractivity contribution >= 4 is 5.91 Å². The number of pyridine rings is 1. The monoisotopic (exact) mass is 245 g/mol. The highest BCUT2D eigenvalue weighted by molar-refractivity contribution is 5.73. The number of nitrogens with two attached hydrogens (primary N) is 1. The number of amides is 1. The van der Waals surface area contributed by atoms with Crippen LogP contribution in [-0.2, 0) is 11.3 Å². The molecule has 72 valence electrons. The molecule has 1 aromatic heterocycles. The Morgan fingerprint density at radius 1 is 1.54 bits per heavy atom. The van der Waals surface area contributed by atoms with Crippen LogP contribution in [0.2, 0.25) is 0 Å². The average molecular weight is 246 g/mol. The molecule has 5 heteroatoms. The molecule has 4 nitrogen and oxygen atoms in total. The van der Waals surface area contributed by atoms with Gasteiger partial charge in [0.05, 0.1) is 0 Å². The summed E-state index contributed by atoms with van der Waals surface area (Å²) >= 11 is 0. The summed E-state index contributed by atoms with van der Waals surface area (Å²) in [7, 11) is 0. The number of nitrogens with zero attached hydrogens (tertiary/aromatic N) is 1. The number of nitrogens with one attached hydrogen (secondary N) is 1. The van der Waals surface area contributed by atoms with E-state index in [2.05, 4.69) is 5.43 Å². The van der Waals surface area contributed by atoms with Crippen molar-refractivity contribution in [3.63, 3.8) is 0 Å². The molecule has 0 aliphatic heterocycles. The Balaban J connectivity index is 0.00000144. The number of carbonyl (C=O) groups is 1. The zero-order valence-electron chi connectivity index (χ0n) is 7.33. The van der Waals surface area contributed by atoms with Gasteiger partial charge in [0, 0.05) is 12.1 Å². The molecule has 1 heterocycles. The van der Waals surface area contributed by atoms with Crippen molar-refractivity contribution in [3.8, 4) is 0 Å². The molecule has 0 saturated carbocycles. The van der Waals surface area contributed by atoms with Crippen LogP contribution in [0.3, 0.4) is 0 Å². The number of hydrogen-bond acceptors (Lipinski definition) is 2. The first-order chi connectivity index (χ1) is 5.72. The molecule has 0 bridgehead atoms. The zero-order chi connectivity index (χ0) is 8.97. The predicted molar refractivity (Wildman–Crippen MR) is 43.7 cm³/mol. The lowest BCUT2D eigenvalue weighted by atomic mass is 10.3. The second-order valence-electron chi connectivity index (χ2n) is 2.62. The molecule has 0 saturated heterocycles. The summed E-state index contributed by atoms with van der Waals surface area (Å²) in [5.74, 6) is 4.73. The van der Waals surface area contributed by atoms with Gasteiger partial charge in [0.15, 0.2) is 12.4 Å². The predicted octanol–water partition coefficient (Wildman–Crippen LogP) is -3.72. The van der Waals surface area contributed by atoms with E-state index in [0.717, 1.165) is 0 Å². The SMILES string of the molecule is Cc1cc[n+](CC(=O)NN)cc1.[Br-]. The van der Waals surface area contributed by atoms with Crippen molar-refractivity contribution in [2.24, 2.45) is 5.84 Å². The molecule has 0 aliphatic carbocycles. The number of halogens is 1. The highest BCUT2D eigenvalue weighted by Gasteiger charge is 2.05. The summed E-state index contributed by atoms with van der Waals surface area (Å²) in [6.45, 7) is 2.25. The van der Waals surface area contributed by atoms with E-state index in [9.17, 15) is 4.79 Å². The van der Waals surface area contributed by atoms with Gasteiger partial charge in [-0.15, -0.1) is 0 Å². The first-order valence-corrected chi connectivity index (χ1v) is 3.67. The number of rotatable bonds is 2. The maximum absolute atomic E-state index is 10.8. The summed E-state index contributed by atoms with van der Waals surface area (Å²) in [5.41, 5.74) is 3.23. The van der Waals surface area contributed by atoms with Crippen molar-refractivity contribution in [2.75, 3.05) is 0 Å². The lowest BCUT2D eigenvalue weighted by molar-refractivity contribution is -0.684. The van der Waals surface area contributed by atoms with Crippen molar-refractivity contribution in [3.05, 3.63) is 30.1 Å². The van der Waals surface area contributed by atoms with Crippen molar-refractivity contribution in [2.45, 2.75) is 13.5 Å². The van der Waals surface area contributed by atoms with E-state index in [-0.39, 0.29) is 29.4 Å². The van der Waals surface area contributed by atoms with Crippen LogP contribution in [-0.4, -0.2) is 5.91 Å². The number of hydrogen-bond donors (Lipinski definition) is 2. The van der Waals surface area contributed by atoms with Gasteiger partial charge in [0.25, 0.3) is 5.91 Å². The quantitative estimate of drug-likeness (QED) is 0.244. The minimum Gasteiger partial charge on any atom is -1.00 e. The van der Waals surface area contributed by atoms with Crippen LogP contribution in [0.5, 0.6) is 0 Å². The Kier molecular flexibility index (Phi) is 5.25. The van der Waals surface area contributed by atoms with Crippen molar-refractivity contribution < 1.29 is 26.3 Å². The molecule has 1 rings (SSSR count). The smallest absolute Gasteiger partial charge is 0.299 e. The van der Waals surface area contributed by atoms with Crippen molar-refractivity contribution in [1.82, 2.24) is 5.43 Å². The van der Waals surface area contributed by atoms with E-state index in [0.29, 0.717) is 0 Å². The van der Waals surface area contributed by atoms with E-state index in [1.54, 1.807) is 4.57 Å². The number of carbonyl (C=O) groups excluding carboxylic acids is 1. The van der Waals surface area contributed by atoms with E-state index in [1.165, 1.54) is 5.56 Å². The molecule has 1 aromatic rings. The van der Waals surface area contributed by atoms with Gasteiger partial charge in [0.2, 0.25) is 6.54 Å². The maximum Gasteiger partial charge on any atom is 0.299 e. The summed E-state index contributed by atoms with van der Waals surface area (Å²) in [4.78, 5) is 10.8. The number of hydrazine groups is 1. The van der Waals surface area contributed by atoms with E-state index in [1.807, 2.05) is 31.5 Å². The lowest BCUT2D eigenvalue weighted by Crippen LogP contribution is -3.00. The Morgan fingerprint density at radius 2 is 2.08 bits per heavy atom. The minimum atomic E-state index is -0.205. The standard InChI is InChI=1S/C8H11N3O.BrH/c1-7-2-4-11(5-3-7)6-8(12)10-9;/h2-5H,6,9H2,1H3;1H. The molecule has 0 fully saturated rings. The van der Waals surface area contributed by atoms with Crippen LogP contribution in [0.25, 0.3) is 0 Å². The summed E-state index contributed by atoms with van der Waals surface area (Å²) in [5, 5.41) is 0. The fourth-order valence-corrected chi connectivity index (χ4v) is 0.849. The molecule has 0 atom stereocenters. The Bertz CT molecular complexity index is 273.